The van der Waals surface area contributed by atoms with Gasteiger partial charge in [-0.1, -0.05) is 0 Å². The Labute approximate surface area is 101 Å². The van der Waals surface area contributed by atoms with Crippen LogP contribution in [0.25, 0.3) is 0 Å². The molecule has 0 radical (unpaired) electrons. The predicted molar refractivity (Wildman–Crippen MR) is 57.4 cm³/mol. The molecule has 1 rings (SSSR count). The van der Waals surface area contributed by atoms with Crippen molar-refractivity contribution in [3.8, 4) is 5.75 Å². The molecule has 0 bridgehead atoms. The molecule has 0 unspecified atom stereocenters. The minimum absolute atomic E-state index is 0.341. The molecule has 0 aliphatic rings. The third-order valence-corrected chi connectivity index (χ3v) is 3.01. The Morgan fingerprint density at radius 3 is 2.47 bits per heavy atom. The molecule has 0 N–H and O–H groups in total. The number of hydrogen-bond donors (Lipinski definition) is 0. The highest BCUT2D eigenvalue weighted by atomic mass is 35.7. The molecule has 1 aromatic carbocycles. The number of carbonyl (C=O) groups is 1. The summed E-state index contributed by atoms with van der Waals surface area (Å²) < 4.78 is 26.5. The van der Waals surface area contributed by atoms with E-state index in [0.717, 1.165) is 25.1 Å². The average molecular weight is 280 g/mol. The minimum Gasteiger partial charge on any atom is -0.419 e. The van der Waals surface area contributed by atoms with E-state index in [0.29, 0.717) is 0 Å². The first-order valence-electron chi connectivity index (χ1n) is 4.13. The third-order valence-electron chi connectivity index (χ3n) is 1.66. The normalized spacial score (nSPS) is 10.9. The highest BCUT2D eigenvalue weighted by Gasteiger charge is 2.21. The van der Waals surface area contributed by atoms with E-state index in [4.69, 9.17) is 10.7 Å². The highest BCUT2D eigenvalue weighted by molar-refractivity contribution is 8.13. The second kappa shape index (κ2) is 4.68. The molecule has 0 saturated carbocycles. The van der Waals surface area contributed by atoms with Crippen molar-refractivity contribution in [2.45, 2.75) is 11.8 Å². The zero-order valence-electron chi connectivity index (χ0n) is 8.41. The number of nitro benzene ring substituents is 1. The molecule has 0 aliphatic carbocycles. The van der Waals surface area contributed by atoms with E-state index < -0.39 is 30.5 Å². The van der Waals surface area contributed by atoms with Gasteiger partial charge in [0.2, 0.25) is 5.75 Å². The summed E-state index contributed by atoms with van der Waals surface area (Å²) in [7, 11) is 0.958. The standard InChI is InChI=1S/C8H6ClNO6S/c1-5(11)16-8-3-2-6(17(9,14)15)4-7(8)10(12)13/h2-4H,1H3. The van der Waals surface area contributed by atoms with Gasteiger partial charge in [-0.2, -0.15) is 0 Å². The SMILES string of the molecule is CC(=O)Oc1ccc(S(=O)(=O)Cl)cc1[N+](=O)[O-]. The summed E-state index contributed by atoms with van der Waals surface area (Å²) in [6.45, 7) is 1.07. The first kappa shape index (κ1) is 13.4. The van der Waals surface area contributed by atoms with Crippen LogP contribution in [0.4, 0.5) is 5.69 Å². The molecule has 0 aromatic heterocycles. The zero-order valence-corrected chi connectivity index (χ0v) is 9.99. The number of rotatable bonds is 3. The number of halogens is 1. The fourth-order valence-electron chi connectivity index (χ4n) is 1.03. The summed E-state index contributed by atoms with van der Waals surface area (Å²) in [4.78, 5) is 20.0. The Morgan fingerprint density at radius 2 is 2.06 bits per heavy atom. The number of ether oxygens (including phenoxy) is 1. The van der Waals surface area contributed by atoms with Crippen LogP contribution in [0.15, 0.2) is 23.1 Å². The summed E-state index contributed by atoms with van der Waals surface area (Å²) >= 11 is 0. The van der Waals surface area contributed by atoms with E-state index in [1.165, 1.54) is 0 Å². The van der Waals surface area contributed by atoms with Gasteiger partial charge in [-0.15, -0.1) is 0 Å². The fourth-order valence-corrected chi connectivity index (χ4v) is 1.80. The van der Waals surface area contributed by atoms with Gasteiger partial charge < -0.3 is 4.74 Å². The van der Waals surface area contributed by atoms with Crippen molar-refractivity contribution >= 4 is 31.4 Å². The number of esters is 1. The first-order valence-corrected chi connectivity index (χ1v) is 6.44. The quantitative estimate of drug-likeness (QED) is 0.273. The molecule has 92 valence electrons. The van der Waals surface area contributed by atoms with Gasteiger partial charge in [0.1, 0.15) is 0 Å². The molecule has 0 atom stereocenters. The van der Waals surface area contributed by atoms with Crippen LogP contribution in [-0.4, -0.2) is 19.3 Å². The fraction of sp³-hybridized carbons (Fsp3) is 0.125. The van der Waals surface area contributed by atoms with E-state index in [1.54, 1.807) is 0 Å². The summed E-state index contributed by atoms with van der Waals surface area (Å²) in [5, 5.41) is 10.7. The topological polar surface area (TPSA) is 104 Å². The van der Waals surface area contributed by atoms with Crippen LogP contribution in [-0.2, 0) is 13.8 Å². The van der Waals surface area contributed by atoms with Crippen molar-refractivity contribution in [2.24, 2.45) is 0 Å². The lowest BCUT2D eigenvalue weighted by Gasteiger charge is -2.03. The van der Waals surface area contributed by atoms with Gasteiger partial charge in [-0.3, -0.25) is 14.9 Å². The molecular formula is C8H6ClNO6S. The largest absolute Gasteiger partial charge is 0.419 e. The number of hydrogen-bond acceptors (Lipinski definition) is 6. The van der Waals surface area contributed by atoms with E-state index in [1.807, 2.05) is 0 Å². The third kappa shape index (κ3) is 3.40. The predicted octanol–water partition coefficient (Wildman–Crippen LogP) is 1.45. The lowest BCUT2D eigenvalue weighted by molar-refractivity contribution is -0.385. The molecule has 0 amide bonds. The van der Waals surface area contributed by atoms with Gasteiger partial charge in [-0.05, 0) is 12.1 Å². The van der Waals surface area contributed by atoms with Crippen molar-refractivity contribution in [3.05, 3.63) is 28.3 Å². The van der Waals surface area contributed by atoms with Gasteiger partial charge in [0.05, 0.1) is 9.82 Å². The van der Waals surface area contributed by atoms with E-state index >= 15 is 0 Å². The number of nitrogens with zero attached hydrogens (tertiary/aromatic N) is 1. The Kier molecular flexibility index (Phi) is 3.69. The zero-order chi connectivity index (χ0) is 13.2. The Morgan fingerprint density at radius 1 is 1.47 bits per heavy atom. The number of benzene rings is 1. The maximum atomic E-state index is 11.0. The smallest absolute Gasteiger partial charge is 0.313 e. The first-order chi connectivity index (χ1) is 7.71. The van der Waals surface area contributed by atoms with Crippen LogP contribution in [0.5, 0.6) is 5.75 Å². The molecular weight excluding hydrogens is 274 g/mol. The molecule has 0 saturated heterocycles. The number of nitro groups is 1. The maximum Gasteiger partial charge on any atom is 0.313 e. The van der Waals surface area contributed by atoms with E-state index in [2.05, 4.69) is 4.74 Å². The molecule has 0 spiro atoms. The van der Waals surface area contributed by atoms with E-state index in [-0.39, 0.29) is 5.75 Å². The van der Waals surface area contributed by atoms with Crippen molar-refractivity contribution in [3.63, 3.8) is 0 Å². The highest BCUT2D eigenvalue weighted by Crippen LogP contribution is 2.30. The van der Waals surface area contributed by atoms with Gasteiger partial charge >= 0.3 is 11.7 Å². The van der Waals surface area contributed by atoms with Crippen LogP contribution in [0.3, 0.4) is 0 Å². The average Bonchev–Trinajstić information content (AvgIpc) is 2.15. The Hall–Kier alpha value is -1.67. The lowest BCUT2D eigenvalue weighted by Crippen LogP contribution is -2.05. The Bertz CT molecular complexity index is 582. The second-order valence-corrected chi connectivity index (χ2v) is 5.48. The van der Waals surface area contributed by atoms with E-state index in [9.17, 15) is 23.3 Å². The van der Waals surface area contributed by atoms with Gasteiger partial charge in [0, 0.05) is 23.7 Å². The monoisotopic (exact) mass is 279 g/mol. The molecule has 7 nitrogen and oxygen atoms in total. The van der Waals surface area contributed by atoms with Crippen molar-refractivity contribution in [1.82, 2.24) is 0 Å². The number of carbonyl (C=O) groups excluding carboxylic acids is 1. The summed E-state index contributed by atoms with van der Waals surface area (Å²) in [6.07, 6.45) is 0. The minimum atomic E-state index is -4.08. The summed E-state index contributed by atoms with van der Waals surface area (Å²) in [5.41, 5.74) is -0.651. The van der Waals surface area contributed by atoms with Gasteiger partial charge in [-0.25, -0.2) is 8.42 Å². The summed E-state index contributed by atoms with van der Waals surface area (Å²) in [5.74, 6) is -1.10. The van der Waals surface area contributed by atoms with Crippen molar-refractivity contribution < 1.29 is 22.9 Å². The van der Waals surface area contributed by atoms with Crippen LogP contribution < -0.4 is 4.74 Å². The Balaban J connectivity index is 3.37. The summed E-state index contributed by atoms with van der Waals surface area (Å²) in [6, 6.07) is 2.73. The molecule has 0 heterocycles. The van der Waals surface area contributed by atoms with Crippen LogP contribution in [0.2, 0.25) is 0 Å². The van der Waals surface area contributed by atoms with Crippen LogP contribution in [0.1, 0.15) is 6.92 Å². The van der Waals surface area contributed by atoms with Crippen molar-refractivity contribution in [1.29, 1.82) is 0 Å². The second-order valence-electron chi connectivity index (χ2n) is 2.92. The lowest BCUT2D eigenvalue weighted by atomic mass is 10.3. The molecule has 17 heavy (non-hydrogen) atoms. The maximum absolute atomic E-state index is 11.0. The van der Waals surface area contributed by atoms with Crippen LogP contribution >= 0.6 is 10.7 Å². The molecule has 9 heteroatoms. The van der Waals surface area contributed by atoms with Crippen LogP contribution in [0, 0.1) is 10.1 Å². The van der Waals surface area contributed by atoms with Crippen molar-refractivity contribution in [2.75, 3.05) is 0 Å². The molecule has 1 aromatic rings. The van der Waals surface area contributed by atoms with Gasteiger partial charge in [0.15, 0.2) is 0 Å². The van der Waals surface area contributed by atoms with Gasteiger partial charge in [0.25, 0.3) is 9.05 Å². The molecule has 0 fully saturated rings. The molecule has 0 aliphatic heterocycles.